The lowest BCUT2D eigenvalue weighted by Gasteiger charge is -2.24. The Hall–Kier alpha value is -1.79. The molecule has 7 heteroatoms. The molecular weight excluding hydrogens is 264 g/mol. The van der Waals surface area contributed by atoms with E-state index in [1.165, 1.54) is 12.0 Å². The average Bonchev–Trinajstić information content (AvgIpc) is 2.84. The molecule has 0 spiro atoms. The van der Waals surface area contributed by atoms with E-state index in [0.29, 0.717) is 19.4 Å². The monoisotopic (exact) mass is 286 g/mol. The van der Waals surface area contributed by atoms with Crippen LogP contribution in [0.4, 0.5) is 4.79 Å². The van der Waals surface area contributed by atoms with Gasteiger partial charge >= 0.3 is 18.0 Å². The summed E-state index contributed by atoms with van der Waals surface area (Å²) in [5.41, 5.74) is -0.825. The van der Waals surface area contributed by atoms with Crippen LogP contribution in [0, 0.1) is 5.41 Å². The first-order chi connectivity index (χ1) is 9.45. The number of urea groups is 1. The quantitative estimate of drug-likeness (QED) is 0.705. The lowest BCUT2D eigenvalue weighted by molar-refractivity contribution is -0.148. The van der Waals surface area contributed by atoms with Crippen molar-refractivity contribution in [3.05, 3.63) is 0 Å². The zero-order valence-electron chi connectivity index (χ0n) is 12.0. The van der Waals surface area contributed by atoms with Crippen molar-refractivity contribution in [3.8, 4) is 0 Å². The first kappa shape index (κ1) is 16.3. The number of hydrogen-bond donors (Lipinski definition) is 2. The molecule has 0 aromatic heterocycles. The van der Waals surface area contributed by atoms with E-state index in [0.717, 1.165) is 6.42 Å². The highest BCUT2D eigenvalue weighted by Crippen LogP contribution is 2.35. The van der Waals surface area contributed by atoms with E-state index in [1.807, 2.05) is 6.92 Å². The highest BCUT2D eigenvalue weighted by Gasteiger charge is 2.45. The third kappa shape index (κ3) is 3.85. The second-order valence-corrected chi connectivity index (χ2v) is 5.07. The zero-order chi connectivity index (χ0) is 15.2. The number of aliphatic carboxylic acids is 1. The fourth-order valence-corrected chi connectivity index (χ4v) is 2.50. The number of ether oxygens (including phenoxy) is 1. The van der Waals surface area contributed by atoms with Crippen LogP contribution in [0.2, 0.25) is 0 Å². The molecule has 1 aliphatic rings. The topological polar surface area (TPSA) is 95.9 Å². The van der Waals surface area contributed by atoms with Crippen LogP contribution in [0.1, 0.15) is 32.6 Å². The lowest BCUT2D eigenvalue weighted by Crippen LogP contribution is -2.42. The molecule has 1 saturated heterocycles. The Morgan fingerprint density at radius 2 is 2.10 bits per heavy atom. The van der Waals surface area contributed by atoms with E-state index in [9.17, 15) is 19.5 Å². The molecule has 0 aromatic rings. The number of carboxylic acids is 1. The molecule has 1 atom stereocenters. The third-order valence-corrected chi connectivity index (χ3v) is 3.66. The molecule has 0 radical (unpaired) electrons. The molecular formula is C13H22N2O5. The van der Waals surface area contributed by atoms with E-state index >= 15 is 0 Å². The highest BCUT2D eigenvalue weighted by molar-refractivity contribution is 5.80. The van der Waals surface area contributed by atoms with Crippen LogP contribution < -0.4 is 5.32 Å². The molecule has 1 heterocycles. The van der Waals surface area contributed by atoms with Gasteiger partial charge in [-0.1, -0.05) is 13.3 Å². The molecule has 0 saturated carbocycles. The number of hydrogen-bond acceptors (Lipinski definition) is 4. The molecule has 7 nitrogen and oxygen atoms in total. The largest absolute Gasteiger partial charge is 0.481 e. The van der Waals surface area contributed by atoms with Crippen LogP contribution in [-0.4, -0.2) is 54.7 Å². The smallest absolute Gasteiger partial charge is 0.317 e. The number of likely N-dealkylation sites (tertiary alicyclic amines) is 1. The van der Waals surface area contributed by atoms with Gasteiger partial charge in [-0.05, 0) is 12.8 Å². The van der Waals surface area contributed by atoms with Crippen molar-refractivity contribution < 1.29 is 24.2 Å². The Morgan fingerprint density at radius 1 is 1.40 bits per heavy atom. The molecule has 2 N–H and O–H groups in total. The van der Waals surface area contributed by atoms with Crippen LogP contribution >= 0.6 is 0 Å². The molecule has 2 amide bonds. The maximum absolute atomic E-state index is 11.9. The van der Waals surface area contributed by atoms with Gasteiger partial charge in [-0.15, -0.1) is 0 Å². The molecule has 114 valence electrons. The first-order valence-corrected chi connectivity index (χ1v) is 6.78. The summed E-state index contributed by atoms with van der Waals surface area (Å²) in [5, 5.41) is 12.0. The van der Waals surface area contributed by atoms with E-state index < -0.39 is 17.4 Å². The number of amides is 2. The minimum Gasteiger partial charge on any atom is -0.481 e. The summed E-state index contributed by atoms with van der Waals surface area (Å²) in [6, 6.07) is -0.326. The molecule has 1 unspecified atom stereocenters. The summed E-state index contributed by atoms with van der Waals surface area (Å²) >= 11 is 0. The van der Waals surface area contributed by atoms with Crippen molar-refractivity contribution in [2.45, 2.75) is 32.6 Å². The summed E-state index contributed by atoms with van der Waals surface area (Å²) < 4.78 is 4.47. The maximum atomic E-state index is 11.9. The summed E-state index contributed by atoms with van der Waals surface area (Å²) in [4.78, 5) is 35.7. The number of esters is 1. The second kappa shape index (κ2) is 7.12. The normalized spacial score (nSPS) is 21.6. The van der Waals surface area contributed by atoms with Crippen LogP contribution in [-0.2, 0) is 14.3 Å². The van der Waals surface area contributed by atoms with Crippen molar-refractivity contribution in [1.82, 2.24) is 10.2 Å². The predicted octanol–water partition coefficient (Wildman–Crippen LogP) is 0.836. The number of methoxy groups -OCH3 is 1. The van der Waals surface area contributed by atoms with Gasteiger partial charge in [0.2, 0.25) is 0 Å². The van der Waals surface area contributed by atoms with Gasteiger partial charge in [0.15, 0.2) is 0 Å². The van der Waals surface area contributed by atoms with E-state index in [4.69, 9.17) is 0 Å². The second-order valence-electron chi connectivity index (χ2n) is 5.07. The molecule has 20 heavy (non-hydrogen) atoms. The van der Waals surface area contributed by atoms with Gasteiger partial charge in [0, 0.05) is 19.6 Å². The van der Waals surface area contributed by atoms with Crippen molar-refractivity contribution in [2.75, 3.05) is 26.7 Å². The Bertz CT molecular complexity index is 385. The number of rotatable bonds is 6. The SMILES string of the molecule is CCCC1(C(=O)O)CCN(C(=O)NCCC(=O)OC)C1. The standard InChI is InChI=1S/C13H22N2O5/c1-3-5-13(11(17)18)6-8-15(9-13)12(19)14-7-4-10(16)20-2/h3-9H2,1-2H3,(H,14,19)(H,17,18). The predicted molar refractivity (Wildman–Crippen MR) is 71.2 cm³/mol. The number of nitrogens with one attached hydrogen (secondary N) is 1. The van der Waals surface area contributed by atoms with Crippen molar-refractivity contribution in [1.29, 1.82) is 0 Å². The number of nitrogens with zero attached hydrogens (tertiary/aromatic N) is 1. The van der Waals surface area contributed by atoms with Crippen LogP contribution in [0.5, 0.6) is 0 Å². The Balaban J connectivity index is 2.47. The molecule has 1 fully saturated rings. The third-order valence-electron chi connectivity index (χ3n) is 3.66. The van der Waals surface area contributed by atoms with Crippen molar-refractivity contribution >= 4 is 18.0 Å². The number of carbonyl (C=O) groups is 3. The highest BCUT2D eigenvalue weighted by atomic mass is 16.5. The Labute approximate surface area is 118 Å². The minimum atomic E-state index is -0.843. The average molecular weight is 286 g/mol. The van der Waals surface area contributed by atoms with Crippen molar-refractivity contribution in [2.24, 2.45) is 5.41 Å². The maximum Gasteiger partial charge on any atom is 0.317 e. The van der Waals surface area contributed by atoms with E-state index in [1.54, 1.807) is 0 Å². The van der Waals surface area contributed by atoms with E-state index in [-0.39, 0.29) is 25.5 Å². The van der Waals surface area contributed by atoms with E-state index in [2.05, 4.69) is 10.1 Å². The first-order valence-electron chi connectivity index (χ1n) is 6.78. The van der Waals surface area contributed by atoms with Gasteiger partial charge in [-0.25, -0.2) is 4.79 Å². The fraction of sp³-hybridized carbons (Fsp3) is 0.769. The van der Waals surface area contributed by atoms with Gasteiger partial charge in [0.05, 0.1) is 18.9 Å². The fourth-order valence-electron chi connectivity index (χ4n) is 2.50. The summed E-state index contributed by atoms with van der Waals surface area (Å²) in [7, 11) is 1.29. The zero-order valence-corrected chi connectivity index (χ0v) is 12.0. The molecule has 0 bridgehead atoms. The van der Waals surface area contributed by atoms with Crippen molar-refractivity contribution in [3.63, 3.8) is 0 Å². The summed E-state index contributed by atoms with van der Waals surface area (Å²) in [5.74, 6) is -1.23. The van der Waals surface area contributed by atoms with Gasteiger partial charge in [-0.3, -0.25) is 9.59 Å². The molecule has 1 rings (SSSR count). The Morgan fingerprint density at radius 3 is 2.65 bits per heavy atom. The van der Waals surface area contributed by atoms with Crippen LogP contribution in [0.25, 0.3) is 0 Å². The molecule has 1 aliphatic heterocycles. The van der Waals surface area contributed by atoms with Crippen LogP contribution in [0.3, 0.4) is 0 Å². The molecule has 0 aromatic carbocycles. The number of carboxylic acid groups (broad SMARTS) is 1. The Kier molecular flexibility index (Phi) is 5.79. The van der Waals surface area contributed by atoms with Crippen LogP contribution in [0.15, 0.2) is 0 Å². The van der Waals surface area contributed by atoms with Gasteiger partial charge in [-0.2, -0.15) is 0 Å². The lowest BCUT2D eigenvalue weighted by atomic mass is 9.83. The molecule has 0 aliphatic carbocycles. The van der Waals surface area contributed by atoms with Gasteiger partial charge in [0.1, 0.15) is 0 Å². The van der Waals surface area contributed by atoms with Gasteiger partial charge < -0.3 is 20.1 Å². The summed E-state index contributed by atoms with van der Waals surface area (Å²) in [6.45, 7) is 2.77. The van der Waals surface area contributed by atoms with Gasteiger partial charge in [0.25, 0.3) is 0 Å². The number of carbonyl (C=O) groups excluding carboxylic acids is 2. The minimum absolute atomic E-state index is 0.106. The summed E-state index contributed by atoms with van der Waals surface area (Å²) in [6.07, 6.45) is 1.91.